The van der Waals surface area contributed by atoms with Crippen LogP contribution in [0.3, 0.4) is 0 Å². The predicted molar refractivity (Wildman–Crippen MR) is 75.9 cm³/mol. The lowest BCUT2D eigenvalue weighted by atomic mass is 10.00. The summed E-state index contributed by atoms with van der Waals surface area (Å²) in [5.41, 5.74) is 0.557. The number of likely N-dealkylation sites (tertiary alicyclic amines) is 1. The molecule has 0 bridgehead atoms. The molecule has 1 heterocycles. The van der Waals surface area contributed by atoms with Gasteiger partial charge in [0.25, 0.3) is 5.92 Å². The quantitative estimate of drug-likeness (QED) is 0.906. The van der Waals surface area contributed by atoms with Gasteiger partial charge in [-0.15, -0.1) is 0 Å². The van der Waals surface area contributed by atoms with Crippen molar-refractivity contribution >= 4 is 5.91 Å². The van der Waals surface area contributed by atoms with Gasteiger partial charge in [0.05, 0.1) is 12.5 Å². The molecule has 2 atom stereocenters. The Morgan fingerprint density at radius 2 is 2.05 bits per heavy atom. The minimum absolute atomic E-state index is 0.255. The van der Waals surface area contributed by atoms with Gasteiger partial charge in [-0.3, -0.25) is 4.79 Å². The first-order chi connectivity index (χ1) is 10.3. The molecule has 0 aliphatic carbocycles. The molecule has 0 radical (unpaired) electrons. The van der Waals surface area contributed by atoms with Crippen LogP contribution in [0.5, 0.6) is 0 Å². The smallest absolute Gasteiger partial charge is 0.254 e. The molecule has 1 amide bonds. The van der Waals surface area contributed by atoms with E-state index in [0.717, 1.165) is 13.3 Å². The zero-order chi connectivity index (χ0) is 16.3. The van der Waals surface area contributed by atoms with Gasteiger partial charge in [0, 0.05) is 12.6 Å². The monoisotopic (exact) mass is 315 g/mol. The van der Waals surface area contributed by atoms with Crippen LogP contribution in [-0.2, 0) is 4.79 Å². The van der Waals surface area contributed by atoms with Gasteiger partial charge in [0.2, 0.25) is 5.91 Å². The van der Waals surface area contributed by atoms with Crippen LogP contribution < -0.4 is 0 Å². The van der Waals surface area contributed by atoms with Crippen molar-refractivity contribution in [2.75, 3.05) is 6.54 Å². The van der Waals surface area contributed by atoms with E-state index < -0.39 is 30.2 Å². The Morgan fingerprint density at radius 3 is 2.64 bits per heavy atom. The first-order valence-electron chi connectivity index (χ1n) is 7.37. The lowest BCUT2D eigenvalue weighted by Gasteiger charge is -2.27. The molecule has 22 heavy (non-hydrogen) atoms. The van der Waals surface area contributed by atoms with E-state index in [2.05, 4.69) is 0 Å². The number of hydrogen-bond donors (Lipinski definition) is 1. The highest BCUT2D eigenvalue weighted by molar-refractivity contribution is 5.77. The van der Waals surface area contributed by atoms with E-state index in [-0.39, 0.29) is 12.5 Å². The highest BCUT2D eigenvalue weighted by Gasteiger charge is 2.35. The average Bonchev–Trinajstić information content (AvgIpc) is 2.85. The minimum Gasteiger partial charge on any atom is -0.388 e. The summed E-state index contributed by atoms with van der Waals surface area (Å²) in [7, 11) is 0. The van der Waals surface area contributed by atoms with Gasteiger partial charge in [-0.05, 0) is 43.9 Å². The lowest BCUT2D eigenvalue weighted by Crippen LogP contribution is -2.38. The summed E-state index contributed by atoms with van der Waals surface area (Å²) >= 11 is 0. The van der Waals surface area contributed by atoms with Crippen LogP contribution in [0.4, 0.5) is 13.2 Å². The fourth-order valence-electron chi connectivity index (χ4n) is 2.85. The molecular formula is C16H20F3NO2. The van der Waals surface area contributed by atoms with Crippen LogP contribution in [0.1, 0.15) is 44.3 Å². The van der Waals surface area contributed by atoms with E-state index in [1.807, 2.05) is 0 Å². The molecule has 1 N–H and O–H groups in total. The number of alkyl halides is 2. The summed E-state index contributed by atoms with van der Waals surface area (Å²) in [6.07, 6.45) is 0.0327. The van der Waals surface area contributed by atoms with E-state index in [0.29, 0.717) is 18.5 Å². The number of halogens is 3. The zero-order valence-electron chi connectivity index (χ0n) is 12.4. The summed E-state index contributed by atoms with van der Waals surface area (Å²) in [4.78, 5) is 13.4. The van der Waals surface area contributed by atoms with Gasteiger partial charge >= 0.3 is 0 Å². The Bertz CT molecular complexity index is 513. The molecule has 1 saturated heterocycles. The maximum absolute atomic E-state index is 13.0. The van der Waals surface area contributed by atoms with Crippen molar-refractivity contribution in [2.24, 2.45) is 0 Å². The molecule has 1 aliphatic rings. The molecule has 1 aliphatic heterocycles. The topological polar surface area (TPSA) is 40.5 Å². The van der Waals surface area contributed by atoms with Crippen molar-refractivity contribution in [3.63, 3.8) is 0 Å². The number of benzene rings is 1. The maximum Gasteiger partial charge on any atom is 0.254 e. The molecule has 122 valence electrons. The maximum atomic E-state index is 13.0. The van der Waals surface area contributed by atoms with Crippen molar-refractivity contribution in [1.29, 1.82) is 0 Å². The molecule has 1 aromatic carbocycles. The Morgan fingerprint density at radius 1 is 1.41 bits per heavy atom. The second-order valence-electron chi connectivity index (χ2n) is 5.93. The summed E-state index contributed by atoms with van der Waals surface area (Å²) in [5.74, 6) is -4.00. The number of amides is 1. The fraction of sp³-hybridized carbons (Fsp3) is 0.562. The third-order valence-corrected chi connectivity index (χ3v) is 3.91. The highest BCUT2D eigenvalue weighted by atomic mass is 19.3. The number of hydrogen-bond acceptors (Lipinski definition) is 2. The summed E-state index contributed by atoms with van der Waals surface area (Å²) in [6.45, 7) is 1.17. The van der Waals surface area contributed by atoms with E-state index in [1.165, 1.54) is 29.2 Å². The third-order valence-electron chi connectivity index (χ3n) is 3.91. The molecule has 6 heteroatoms. The molecule has 1 fully saturated rings. The highest BCUT2D eigenvalue weighted by Crippen LogP contribution is 2.29. The largest absolute Gasteiger partial charge is 0.388 e. The zero-order valence-corrected chi connectivity index (χ0v) is 12.4. The number of carbonyl (C=O) groups excluding carboxylic acids is 1. The third kappa shape index (κ3) is 4.47. The Balaban J connectivity index is 1.98. The van der Waals surface area contributed by atoms with E-state index >= 15 is 0 Å². The van der Waals surface area contributed by atoms with Crippen molar-refractivity contribution in [3.05, 3.63) is 35.6 Å². The van der Waals surface area contributed by atoms with Crippen LogP contribution in [-0.4, -0.2) is 34.4 Å². The summed E-state index contributed by atoms with van der Waals surface area (Å²) in [5, 5.41) is 10.2. The number of aliphatic hydroxyl groups is 1. The van der Waals surface area contributed by atoms with Crippen LogP contribution in [0.15, 0.2) is 24.3 Å². The molecule has 0 spiro atoms. The Kier molecular flexibility index (Phi) is 5.11. The second kappa shape index (κ2) is 6.69. The van der Waals surface area contributed by atoms with Crippen molar-refractivity contribution in [3.8, 4) is 0 Å². The van der Waals surface area contributed by atoms with E-state index in [1.54, 1.807) is 0 Å². The first-order valence-corrected chi connectivity index (χ1v) is 7.37. The molecule has 1 aromatic rings. The van der Waals surface area contributed by atoms with Gasteiger partial charge < -0.3 is 10.0 Å². The van der Waals surface area contributed by atoms with Gasteiger partial charge in [0.1, 0.15) is 5.82 Å². The number of nitrogens with zero attached hydrogens (tertiary/aromatic N) is 1. The van der Waals surface area contributed by atoms with Gasteiger partial charge in [-0.1, -0.05) is 12.1 Å². The normalized spacial score (nSPS) is 20.2. The summed E-state index contributed by atoms with van der Waals surface area (Å²) in [6, 6.07) is 5.24. The molecular weight excluding hydrogens is 295 g/mol. The predicted octanol–water partition coefficient (Wildman–Crippen LogP) is 3.29. The first kappa shape index (κ1) is 16.8. The van der Waals surface area contributed by atoms with Gasteiger partial charge in [-0.25, -0.2) is 13.2 Å². The van der Waals surface area contributed by atoms with Crippen LogP contribution in [0, 0.1) is 5.82 Å². The van der Waals surface area contributed by atoms with Crippen molar-refractivity contribution < 1.29 is 23.1 Å². The SMILES string of the molecule is CC(F)(F)CC(=O)N1CCC[C@H]1C[C@@H](O)c1ccc(F)cc1. The second-order valence-corrected chi connectivity index (χ2v) is 5.93. The molecule has 2 rings (SSSR count). The minimum atomic E-state index is -3.03. The van der Waals surface area contributed by atoms with Gasteiger partial charge in [0.15, 0.2) is 0 Å². The Labute approximate surface area is 127 Å². The number of carbonyl (C=O) groups is 1. The van der Waals surface area contributed by atoms with E-state index in [9.17, 15) is 23.1 Å². The molecule has 0 unspecified atom stereocenters. The van der Waals surface area contributed by atoms with Crippen LogP contribution in [0.2, 0.25) is 0 Å². The molecule has 3 nitrogen and oxygen atoms in total. The fourth-order valence-corrected chi connectivity index (χ4v) is 2.85. The van der Waals surface area contributed by atoms with Crippen LogP contribution >= 0.6 is 0 Å². The van der Waals surface area contributed by atoms with Crippen molar-refractivity contribution in [1.82, 2.24) is 4.90 Å². The lowest BCUT2D eigenvalue weighted by molar-refractivity contribution is -0.139. The van der Waals surface area contributed by atoms with Crippen molar-refractivity contribution in [2.45, 2.75) is 50.7 Å². The number of rotatable bonds is 5. The average molecular weight is 315 g/mol. The standard InChI is InChI=1S/C16H20F3NO2/c1-16(18,19)10-15(22)20-8-2-3-13(20)9-14(21)11-4-6-12(17)7-5-11/h4-7,13-14,21H,2-3,8-10H2,1H3/t13-,14+/m0/s1. The molecule has 0 aromatic heterocycles. The summed E-state index contributed by atoms with van der Waals surface area (Å²) < 4.78 is 38.8. The van der Waals surface area contributed by atoms with E-state index in [4.69, 9.17) is 0 Å². The Hall–Kier alpha value is -1.56. The van der Waals surface area contributed by atoms with Gasteiger partial charge in [-0.2, -0.15) is 0 Å². The molecule has 0 saturated carbocycles. The number of aliphatic hydroxyl groups excluding tert-OH is 1. The van der Waals surface area contributed by atoms with Crippen LogP contribution in [0.25, 0.3) is 0 Å².